The maximum Gasteiger partial charge on any atom is 0.183 e. The Labute approximate surface area is 101 Å². The molecule has 15 heavy (non-hydrogen) atoms. The average Bonchev–Trinajstić information content (AvgIpc) is 2.62. The van der Waals surface area contributed by atoms with Crippen molar-refractivity contribution in [1.82, 2.24) is 4.98 Å². The minimum atomic E-state index is 0.294. The van der Waals surface area contributed by atoms with E-state index in [1.54, 1.807) is 30.1 Å². The second kappa shape index (κ2) is 4.88. The van der Waals surface area contributed by atoms with Crippen molar-refractivity contribution < 1.29 is 5.11 Å². The molecule has 2 nitrogen and oxygen atoms in total. The number of thioether (sulfide) groups is 1. The molecule has 0 bridgehead atoms. The van der Waals surface area contributed by atoms with Gasteiger partial charge < -0.3 is 5.11 Å². The van der Waals surface area contributed by atoms with E-state index < -0.39 is 0 Å². The molecule has 0 aliphatic carbocycles. The molecule has 0 atom stereocenters. The molecule has 1 N–H and O–H groups in total. The number of phenolic OH excluding ortho intramolecular Hbond substituents is 1. The van der Waals surface area contributed by atoms with Gasteiger partial charge in [0.15, 0.2) is 4.47 Å². The lowest BCUT2D eigenvalue weighted by Gasteiger charge is -1.99. The summed E-state index contributed by atoms with van der Waals surface area (Å²) in [5, 5.41) is 9.27. The second-order valence-corrected chi connectivity index (χ2v) is 5.61. The van der Waals surface area contributed by atoms with E-state index >= 15 is 0 Å². The lowest BCUT2D eigenvalue weighted by Crippen LogP contribution is -1.74. The normalized spacial score (nSPS) is 10.5. The molecule has 0 spiro atoms. The Morgan fingerprint density at radius 2 is 2.33 bits per heavy atom. The molecule has 0 unspecified atom stereocenters. The van der Waals surface area contributed by atoms with Crippen molar-refractivity contribution in [2.45, 2.75) is 10.6 Å². The SMILES string of the molecule is Oc1cccc(SCc2cnc(Cl)s2)c1. The predicted molar refractivity (Wildman–Crippen MR) is 64.8 cm³/mol. The fourth-order valence-corrected chi connectivity index (χ4v) is 3.03. The quantitative estimate of drug-likeness (QED) is 0.850. The number of nitrogens with zero attached hydrogens (tertiary/aromatic N) is 1. The van der Waals surface area contributed by atoms with E-state index in [-0.39, 0.29) is 0 Å². The summed E-state index contributed by atoms with van der Waals surface area (Å²) in [6.45, 7) is 0. The van der Waals surface area contributed by atoms with E-state index in [1.807, 2.05) is 12.1 Å². The van der Waals surface area contributed by atoms with Gasteiger partial charge in [0.2, 0.25) is 0 Å². The third kappa shape index (κ3) is 3.12. The van der Waals surface area contributed by atoms with Crippen LogP contribution in [0.15, 0.2) is 35.4 Å². The number of benzene rings is 1. The van der Waals surface area contributed by atoms with Crippen molar-refractivity contribution in [3.63, 3.8) is 0 Å². The zero-order valence-corrected chi connectivity index (χ0v) is 10.1. The van der Waals surface area contributed by atoms with E-state index in [9.17, 15) is 5.11 Å². The van der Waals surface area contributed by atoms with Gasteiger partial charge >= 0.3 is 0 Å². The van der Waals surface area contributed by atoms with Gasteiger partial charge in [-0.15, -0.1) is 23.1 Å². The number of hydrogen-bond donors (Lipinski definition) is 1. The molecule has 0 saturated heterocycles. The maximum atomic E-state index is 9.27. The number of thiazole rings is 1. The molecule has 0 aliphatic rings. The van der Waals surface area contributed by atoms with Crippen LogP contribution in [0.5, 0.6) is 5.75 Å². The van der Waals surface area contributed by atoms with Crippen LogP contribution in [0.4, 0.5) is 0 Å². The minimum Gasteiger partial charge on any atom is -0.508 e. The molecule has 1 heterocycles. The Balaban J connectivity index is 1.99. The molecule has 1 aromatic carbocycles. The molecule has 0 fully saturated rings. The van der Waals surface area contributed by atoms with Gasteiger partial charge in [0.05, 0.1) is 0 Å². The highest BCUT2D eigenvalue weighted by molar-refractivity contribution is 7.98. The molecule has 0 radical (unpaired) electrons. The fraction of sp³-hybridized carbons (Fsp3) is 0.100. The van der Waals surface area contributed by atoms with Crippen LogP contribution in [0.1, 0.15) is 4.88 Å². The van der Waals surface area contributed by atoms with Crippen LogP contribution in [0.3, 0.4) is 0 Å². The fourth-order valence-electron chi connectivity index (χ4n) is 1.08. The van der Waals surface area contributed by atoms with Crippen LogP contribution in [0, 0.1) is 0 Å². The molecule has 0 amide bonds. The number of phenols is 1. The third-order valence-electron chi connectivity index (χ3n) is 1.72. The topological polar surface area (TPSA) is 33.1 Å². The van der Waals surface area contributed by atoms with Gasteiger partial charge in [-0.2, -0.15) is 0 Å². The second-order valence-electron chi connectivity index (χ2n) is 2.87. The molecule has 5 heteroatoms. The largest absolute Gasteiger partial charge is 0.508 e. The van der Waals surface area contributed by atoms with Crippen LogP contribution >= 0.6 is 34.7 Å². The van der Waals surface area contributed by atoms with Gasteiger partial charge in [0.1, 0.15) is 5.75 Å². The number of hydrogen-bond acceptors (Lipinski definition) is 4. The lowest BCUT2D eigenvalue weighted by molar-refractivity contribution is 0.474. The first kappa shape index (κ1) is 10.8. The van der Waals surface area contributed by atoms with Gasteiger partial charge in [0.25, 0.3) is 0 Å². The molecule has 78 valence electrons. The first-order valence-corrected chi connectivity index (χ1v) is 6.44. The van der Waals surface area contributed by atoms with E-state index in [2.05, 4.69) is 4.98 Å². The van der Waals surface area contributed by atoms with E-state index in [4.69, 9.17) is 11.6 Å². The maximum absolute atomic E-state index is 9.27. The molecule has 0 aliphatic heterocycles. The van der Waals surface area contributed by atoms with Crippen molar-refractivity contribution >= 4 is 34.7 Å². The summed E-state index contributed by atoms with van der Waals surface area (Å²) >= 11 is 8.86. The molecular weight excluding hydrogens is 250 g/mol. The first-order valence-electron chi connectivity index (χ1n) is 4.26. The summed E-state index contributed by atoms with van der Waals surface area (Å²) in [6, 6.07) is 7.20. The monoisotopic (exact) mass is 257 g/mol. The van der Waals surface area contributed by atoms with Gasteiger partial charge in [-0.1, -0.05) is 17.7 Å². The Bertz CT molecular complexity index is 458. The smallest absolute Gasteiger partial charge is 0.183 e. The van der Waals surface area contributed by atoms with Crippen molar-refractivity contribution in [1.29, 1.82) is 0 Å². The van der Waals surface area contributed by atoms with Crippen molar-refractivity contribution in [3.05, 3.63) is 39.8 Å². The number of halogens is 1. The summed E-state index contributed by atoms with van der Waals surface area (Å²) in [7, 11) is 0. The van der Waals surface area contributed by atoms with E-state index in [0.717, 1.165) is 15.5 Å². The molecular formula is C10H8ClNOS2. The molecule has 0 saturated carbocycles. The van der Waals surface area contributed by atoms with Gasteiger partial charge in [0, 0.05) is 21.7 Å². The van der Waals surface area contributed by atoms with Crippen molar-refractivity contribution in [2.75, 3.05) is 0 Å². The molecule has 1 aromatic heterocycles. The van der Waals surface area contributed by atoms with Crippen LogP contribution in [-0.2, 0) is 5.75 Å². The zero-order valence-electron chi connectivity index (χ0n) is 7.68. The summed E-state index contributed by atoms with van der Waals surface area (Å²) in [5.74, 6) is 1.12. The standard InChI is InChI=1S/C10H8ClNOS2/c11-10-12-5-9(15-10)6-14-8-3-1-2-7(13)4-8/h1-5,13H,6H2. The van der Waals surface area contributed by atoms with Gasteiger partial charge in [-0.3, -0.25) is 0 Å². The predicted octanol–water partition coefficient (Wildman–Crippen LogP) is 3.79. The number of aromatic nitrogens is 1. The first-order chi connectivity index (χ1) is 7.24. The zero-order chi connectivity index (χ0) is 10.7. The van der Waals surface area contributed by atoms with Gasteiger partial charge in [-0.25, -0.2) is 4.98 Å². The summed E-state index contributed by atoms with van der Waals surface area (Å²) < 4.78 is 0.571. The summed E-state index contributed by atoms with van der Waals surface area (Å²) in [4.78, 5) is 6.14. The Morgan fingerprint density at radius 3 is 3.00 bits per heavy atom. The highest BCUT2D eigenvalue weighted by atomic mass is 35.5. The van der Waals surface area contributed by atoms with Gasteiger partial charge in [-0.05, 0) is 18.2 Å². The summed E-state index contributed by atoms with van der Waals surface area (Å²) in [5.41, 5.74) is 0. The van der Waals surface area contributed by atoms with Crippen LogP contribution in [-0.4, -0.2) is 10.1 Å². The van der Waals surface area contributed by atoms with Crippen LogP contribution < -0.4 is 0 Å². The molecule has 2 aromatic rings. The van der Waals surface area contributed by atoms with E-state index in [0.29, 0.717) is 10.2 Å². The Morgan fingerprint density at radius 1 is 1.47 bits per heavy atom. The third-order valence-corrected chi connectivity index (χ3v) is 4.06. The number of aromatic hydroxyl groups is 1. The summed E-state index contributed by atoms with van der Waals surface area (Å²) in [6.07, 6.45) is 1.78. The van der Waals surface area contributed by atoms with Crippen molar-refractivity contribution in [3.8, 4) is 5.75 Å². The lowest BCUT2D eigenvalue weighted by atomic mass is 10.3. The Hall–Kier alpha value is -0.710. The molecule has 2 rings (SSSR count). The van der Waals surface area contributed by atoms with Crippen LogP contribution in [0.25, 0.3) is 0 Å². The van der Waals surface area contributed by atoms with Crippen molar-refractivity contribution in [2.24, 2.45) is 0 Å². The average molecular weight is 258 g/mol. The van der Waals surface area contributed by atoms with Crippen LogP contribution in [0.2, 0.25) is 4.47 Å². The Kier molecular flexibility index (Phi) is 3.51. The minimum absolute atomic E-state index is 0.294. The number of rotatable bonds is 3. The highest BCUT2D eigenvalue weighted by Crippen LogP contribution is 2.28. The van der Waals surface area contributed by atoms with E-state index in [1.165, 1.54) is 11.3 Å². The highest BCUT2D eigenvalue weighted by Gasteiger charge is 2.01.